The summed E-state index contributed by atoms with van der Waals surface area (Å²) in [4.78, 5) is 24.3. The minimum Gasteiger partial charge on any atom is -0.493 e. The number of sulfonamides is 1. The van der Waals surface area contributed by atoms with Gasteiger partial charge in [-0.05, 0) is 57.2 Å². The van der Waals surface area contributed by atoms with Crippen LogP contribution in [0.1, 0.15) is 37.6 Å². The van der Waals surface area contributed by atoms with Gasteiger partial charge < -0.3 is 20.1 Å². The number of carbonyl (C=O) groups excluding carboxylic acids is 2. The number of nitrogens with one attached hydrogen (secondary N) is 3. The van der Waals surface area contributed by atoms with Crippen LogP contribution in [0.15, 0.2) is 47.4 Å². The van der Waals surface area contributed by atoms with Crippen molar-refractivity contribution in [3.05, 3.63) is 48.0 Å². The number of methoxy groups -OCH3 is 2. The summed E-state index contributed by atoms with van der Waals surface area (Å²) >= 11 is 0. The maximum Gasteiger partial charge on any atom is 0.251 e. The highest BCUT2D eigenvalue weighted by molar-refractivity contribution is 7.89. The van der Waals surface area contributed by atoms with Crippen LogP contribution in [0.2, 0.25) is 0 Å². The summed E-state index contributed by atoms with van der Waals surface area (Å²) < 4.78 is 37.5. The van der Waals surface area contributed by atoms with Crippen LogP contribution in [-0.4, -0.2) is 46.5 Å². The Morgan fingerprint density at radius 3 is 2.12 bits per heavy atom. The predicted molar refractivity (Wildman–Crippen MR) is 122 cm³/mol. The number of rotatable bonds is 9. The SMILES string of the molecule is COc1ccc(S(=O)(=O)NCCC(=O)Nc2ccc(C(=O)NC(C)(C)C)cc2)cc1OC. The first-order valence-corrected chi connectivity index (χ1v) is 11.4. The van der Waals surface area contributed by atoms with Gasteiger partial charge in [0, 0.05) is 35.8 Å². The fourth-order valence-electron chi connectivity index (χ4n) is 2.71. The van der Waals surface area contributed by atoms with E-state index >= 15 is 0 Å². The normalized spacial score (nSPS) is 11.5. The van der Waals surface area contributed by atoms with Gasteiger partial charge >= 0.3 is 0 Å². The van der Waals surface area contributed by atoms with Gasteiger partial charge in [-0.3, -0.25) is 9.59 Å². The van der Waals surface area contributed by atoms with Crippen molar-refractivity contribution in [3.8, 4) is 11.5 Å². The highest BCUT2D eigenvalue weighted by Gasteiger charge is 2.18. The molecule has 2 aromatic carbocycles. The number of amides is 2. The van der Waals surface area contributed by atoms with E-state index in [-0.39, 0.29) is 41.0 Å². The van der Waals surface area contributed by atoms with Gasteiger partial charge in [0.2, 0.25) is 15.9 Å². The lowest BCUT2D eigenvalue weighted by atomic mass is 10.1. The quantitative estimate of drug-likeness (QED) is 0.525. The van der Waals surface area contributed by atoms with Gasteiger partial charge in [0.15, 0.2) is 11.5 Å². The molecule has 0 saturated heterocycles. The Morgan fingerprint density at radius 2 is 1.56 bits per heavy atom. The van der Waals surface area contributed by atoms with Crippen molar-refractivity contribution < 1.29 is 27.5 Å². The Kier molecular flexibility index (Phi) is 8.23. The van der Waals surface area contributed by atoms with Gasteiger partial charge in [0.05, 0.1) is 19.1 Å². The molecule has 0 unspecified atom stereocenters. The monoisotopic (exact) mass is 463 g/mol. The van der Waals surface area contributed by atoms with Crippen LogP contribution in [-0.2, 0) is 14.8 Å². The fraction of sp³-hybridized carbons (Fsp3) is 0.364. The lowest BCUT2D eigenvalue weighted by Crippen LogP contribution is -2.40. The minimum absolute atomic E-state index is 0.000296. The lowest BCUT2D eigenvalue weighted by molar-refractivity contribution is -0.116. The number of anilines is 1. The van der Waals surface area contributed by atoms with Crippen molar-refractivity contribution in [1.29, 1.82) is 0 Å². The lowest BCUT2D eigenvalue weighted by Gasteiger charge is -2.20. The second-order valence-corrected chi connectivity index (χ2v) is 9.76. The second-order valence-electron chi connectivity index (χ2n) is 7.99. The summed E-state index contributed by atoms with van der Waals surface area (Å²) in [5, 5.41) is 5.53. The molecular weight excluding hydrogens is 434 g/mol. The molecule has 0 aromatic heterocycles. The van der Waals surface area contributed by atoms with Crippen LogP contribution in [0, 0.1) is 0 Å². The molecule has 2 amide bonds. The third-order valence-electron chi connectivity index (χ3n) is 4.23. The van der Waals surface area contributed by atoms with Gasteiger partial charge in [0.1, 0.15) is 0 Å². The van der Waals surface area contributed by atoms with Crippen molar-refractivity contribution in [2.24, 2.45) is 0 Å². The number of hydrogen-bond donors (Lipinski definition) is 3. The van der Waals surface area contributed by atoms with E-state index in [9.17, 15) is 18.0 Å². The first-order chi connectivity index (χ1) is 14.9. The zero-order valence-corrected chi connectivity index (χ0v) is 19.6. The molecule has 0 atom stereocenters. The second kappa shape index (κ2) is 10.5. The largest absolute Gasteiger partial charge is 0.493 e. The molecule has 174 valence electrons. The highest BCUT2D eigenvalue weighted by atomic mass is 32.2. The van der Waals surface area contributed by atoms with Crippen LogP contribution in [0.5, 0.6) is 11.5 Å². The number of benzene rings is 2. The molecular formula is C22H29N3O6S. The molecule has 0 radical (unpaired) electrons. The average Bonchev–Trinajstić information content (AvgIpc) is 2.72. The van der Waals surface area contributed by atoms with Gasteiger partial charge in [0.25, 0.3) is 5.91 Å². The van der Waals surface area contributed by atoms with Crippen LogP contribution in [0.4, 0.5) is 5.69 Å². The molecule has 0 fully saturated rings. The third kappa shape index (κ3) is 7.24. The Morgan fingerprint density at radius 1 is 0.938 bits per heavy atom. The molecule has 2 aromatic rings. The maximum absolute atomic E-state index is 12.5. The Hall–Kier alpha value is -3.11. The van der Waals surface area contributed by atoms with Gasteiger partial charge in [-0.1, -0.05) is 0 Å². The Bertz CT molecular complexity index is 1060. The predicted octanol–water partition coefficient (Wildman–Crippen LogP) is 2.54. The molecule has 0 bridgehead atoms. The molecule has 0 aliphatic heterocycles. The smallest absolute Gasteiger partial charge is 0.251 e. The first kappa shape index (κ1) is 25.2. The van der Waals surface area contributed by atoms with E-state index in [1.54, 1.807) is 24.3 Å². The first-order valence-electron chi connectivity index (χ1n) is 9.89. The molecule has 0 saturated carbocycles. The molecule has 3 N–H and O–H groups in total. The molecule has 0 heterocycles. The van der Waals surface area contributed by atoms with Gasteiger partial charge in [-0.25, -0.2) is 13.1 Å². The topological polar surface area (TPSA) is 123 Å². The molecule has 2 rings (SSSR count). The molecule has 0 aliphatic carbocycles. The minimum atomic E-state index is -3.83. The molecule has 10 heteroatoms. The van der Waals surface area contributed by atoms with E-state index in [0.717, 1.165) is 0 Å². The number of hydrogen-bond acceptors (Lipinski definition) is 6. The molecule has 32 heavy (non-hydrogen) atoms. The van der Waals surface area contributed by atoms with E-state index in [1.807, 2.05) is 20.8 Å². The Labute approximate surface area is 188 Å². The van der Waals surface area contributed by atoms with Crippen molar-refractivity contribution in [2.45, 2.75) is 37.6 Å². The fourth-order valence-corrected chi connectivity index (χ4v) is 3.75. The average molecular weight is 464 g/mol. The summed E-state index contributed by atoms with van der Waals surface area (Å²) in [5.74, 6) is 0.118. The molecule has 0 aliphatic rings. The van der Waals surface area contributed by atoms with E-state index in [0.29, 0.717) is 17.0 Å². The number of carbonyl (C=O) groups is 2. The van der Waals surface area contributed by atoms with Crippen molar-refractivity contribution in [2.75, 3.05) is 26.1 Å². The van der Waals surface area contributed by atoms with Crippen molar-refractivity contribution in [3.63, 3.8) is 0 Å². The zero-order valence-electron chi connectivity index (χ0n) is 18.8. The van der Waals surface area contributed by atoms with Crippen LogP contribution >= 0.6 is 0 Å². The summed E-state index contributed by atoms with van der Waals surface area (Å²) in [7, 11) is -0.959. The van der Waals surface area contributed by atoms with Crippen LogP contribution < -0.4 is 24.8 Å². The molecule has 9 nitrogen and oxygen atoms in total. The van der Waals surface area contributed by atoms with Crippen LogP contribution in [0.25, 0.3) is 0 Å². The van der Waals surface area contributed by atoms with Crippen molar-refractivity contribution >= 4 is 27.5 Å². The standard InChI is InChI=1S/C22H29N3O6S/c1-22(2,3)25-21(27)15-6-8-16(9-7-15)24-20(26)12-13-23-32(28,29)17-10-11-18(30-4)19(14-17)31-5/h6-11,14,23H,12-13H2,1-5H3,(H,24,26)(H,25,27). The summed E-state index contributed by atoms with van der Waals surface area (Å²) in [6.45, 7) is 5.57. The molecule has 0 spiro atoms. The maximum atomic E-state index is 12.5. The van der Waals surface area contributed by atoms with E-state index in [2.05, 4.69) is 15.4 Å². The summed E-state index contributed by atoms with van der Waals surface area (Å²) in [6.07, 6.45) is -0.0707. The zero-order chi connectivity index (χ0) is 23.9. The van der Waals surface area contributed by atoms with Crippen LogP contribution in [0.3, 0.4) is 0 Å². The van der Waals surface area contributed by atoms with Crippen molar-refractivity contribution in [1.82, 2.24) is 10.0 Å². The van der Waals surface area contributed by atoms with E-state index in [4.69, 9.17) is 9.47 Å². The van der Waals surface area contributed by atoms with E-state index < -0.39 is 10.0 Å². The summed E-state index contributed by atoms with van der Waals surface area (Å²) in [5.41, 5.74) is 0.625. The van der Waals surface area contributed by atoms with Gasteiger partial charge in [-0.15, -0.1) is 0 Å². The number of ether oxygens (including phenoxy) is 2. The van der Waals surface area contributed by atoms with Gasteiger partial charge in [-0.2, -0.15) is 0 Å². The van der Waals surface area contributed by atoms with E-state index in [1.165, 1.54) is 32.4 Å². The Balaban J connectivity index is 1.90. The third-order valence-corrected chi connectivity index (χ3v) is 5.69. The highest BCUT2D eigenvalue weighted by Crippen LogP contribution is 2.29. The summed E-state index contributed by atoms with van der Waals surface area (Å²) in [6, 6.07) is 10.7.